The maximum Gasteiger partial charge on any atom is 0.185 e. The quantitative estimate of drug-likeness (QED) is 0.433. The summed E-state index contributed by atoms with van der Waals surface area (Å²) in [7, 11) is 0. The first-order valence-corrected chi connectivity index (χ1v) is 7.60. The zero-order chi connectivity index (χ0) is 15.1. The molecule has 4 heteroatoms. The number of fused-ring (bicyclic) bond motifs is 1. The molecule has 0 aromatic heterocycles. The highest BCUT2D eigenvalue weighted by atomic mass is 32.1. The van der Waals surface area contributed by atoms with Crippen molar-refractivity contribution in [3.8, 4) is 0 Å². The van der Waals surface area contributed by atoms with E-state index in [9.17, 15) is 0 Å². The molecular weight excluding hydrogens is 278 g/mol. The van der Waals surface area contributed by atoms with E-state index in [1.54, 1.807) is 0 Å². The van der Waals surface area contributed by atoms with Gasteiger partial charge >= 0.3 is 0 Å². The minimum absolute atomic E-state index is 0.588. The van der Waals surface area contributed by atoms with Crippen molar-refractivity contribution in [3.63, 3.8) is 0 Å². The molecule has 21 heavy (non-hydrogen) atoms. The van der Waals surface area contributed by atoms with Gasteiger partial charge in [-0.15, -0.1) is 0 Å². The molecule has 0 amide bonds. The van der Waals surface area contributed by atoms with Gasteiger partial charge in [-0.05, 0) is 29.4 Å². The molecule has 2 aromatic rings. The number of hydrogen-bond donors (Lipinski definition) is 3. The number of hydrazine groups is 1. The third kappa shape index (κ3) is 4.20. The largest absolute Gasteiger partial charge is 0.361 e. The van der Waals surface area contributed by atoms with E-state index >= 15 is 0 Å². The maximum atomic E-state index is 5.21. The molecule has 0 saturated carbocycles. The number of unbranched alkanes of at least 4 members (excludes halogenated alkanes) is 1. The third-order valence-corrected chi connectivity index (χ3v) is 3.50. The minimum Gasteiger partial charge on any atom is -0.361 e. The lowest BCUT2D eigenvalue weighted by Crippen LogP contribution is -2.43. The lowest BCUT2D eigenvalue weighted by atomic mass is 10.0. The van der Waals surface area contributed by atoms with E-state index < -0.39 is 0 Å². The molecule has 0 unspecified atom stereocenters. The first-order valence-electron chi connectivity index (χ1n) is 7.19. The highest BCUT2D eigenvalue weighted by Gasteiger charge is 2.04. The van der Waals surface area contributed by atoms with Gasteiger partial charge < -0.3 is 5.32 Å². The highest BCUT2D eigenvalue weighted by Crippen LogP contribution is 2.22. The molecule has 2 aromatic carbocycles. The molecule has 0 saturated heterocycles. The number of nitrogens with one attached hydrogen (secondary N) is 3. The molecule has 0 spiro atoms. The molecule has 2 rings (SSSR count). The second-order valence-electron chi connectivity index (χ2n) is 4.86. The molecule has 0 atom stereocenters. The molecular formula is C17H21N3S. The van der Waals surface area contributed by atoms with E-state index in [0.717, 1.165) is 30.6 Å². The van der Waals surface area contributed by atoms with Gasteiger partial charge in [0.15, 0.2) is 5.11 Å². The van der Waals surface area contributed by atoms with Crippen LogP contribution < -0.4 is 16.2 Å². The van der Waals surface area contributed by atoms with Crippen LogP contribution in [0.25, 0.3) is 16.5 Å². The molecule has 0 aliphatic rings. The SMILES string of the molecule is C=C(NNC(=S)NCCCC)c1cccc2ccccc12. The van der Waals surface area contributed by atoms with Crippen molar-refractivity contribution in [2.75, 3.05) is 6.54 Å². The molecule has 0 bridgehead atoms. The fourth-order valence-corrected chi connectivity index (χ4v) is 2.26. The van der Waals surface area contributed by atoms with E-state index in [1.807, 2.05) is 24.3 Å². The molecule has 0 aliphatic carbocycles. The maximum absolute atomic E-state index is 5.21. The summed E-state index contributed by atoms with van der Waals surface area (Å²) in [6.07, 6.45) is 2.25. The fraction of sp³-hybridized carbons (Fsp3) is 0.235. The number of rotatable bonds is 6. The third-order valence-electron chi connectivity index (χ3n) is 3.26. The number of thiocarbonyl (C=S) groups is 1. The van der Waals surface area contributed by atoms with Crippen molar-refractivity contribution in [1.29, 1.82) is 0 Å². The van der Waals surface area contributed by atoms with Crippen molar-refractivity contribution < 1.29 is 0 Å². The summed E-state index contributed by atoms with van der Waals surface area (Å²) in [4.78, 5) is 0. The average molecular weight is 299 g/mol. The van der Waals surface area contributed by atoms with Gasteiger partial charge in [0.1, 0.15) is 0 Å². The van der Waals surface area contributed by atoms with Crippen LogP contribution in [0.1, 0.15) is 25.3 Å². The Kier molecular flexibility index (Phi) is 5.58. The van der Waals surface area contributed by atoms with Crippen LogP contribution in [0.4, 0.5) is 0 Å². The monoisotopic (exact) mass is 299 g/mol. The predicted molar refractivity (Wildman–Crippen MR) is 94.8 cm³/mol. The first kappa shape index (κ1) is 15.3. The Bertz CT molecular complexity index is 631. The van der Waals surface area contributed by atoms with Crippen LogP contribution in [0, 0.1) is 0 Å². The molecule has 0 aliphatic heterocycles. The lowest BCUT2D eigenvalue weighted by molar-refractivity contribution is 0.727. The topological polar surface area (TPSA) is 36.1 Å². The van der Waals surface area contributed by atoms with Gasteiger partial charge in [0.05, 0.1) is 5.70 Å². The molecule has 110 valence electrons. The summed E-state index contributed by atoms with van der Waals surface area (Å²) in [6, 6.07) is 14.4. The fourth-order valence-electron chi connectivity index (χ4n) is 2.11. The second-order valence-corrected chi connectivity index (χ2v) is 5.27. The van der Waals surface area contributed by atoms with Gasteiger partial charge in [-0.25, -0.2) is 0 Å². The van der Waals surface area contributed by atoms with Crippen molar-refractivity contribution >= 4 is 33.8 Å². The number of benzene rings is 2. The Labute approximate surface area is 131 Å². The average Bonchev–Trinajstić information content (AvgIpc) is 2.52. The van der Waals surface area contributed by atoms with Gasteiger partial charge in [0.25, 0.3) is 0 Å². The van der Waals surface area contributed by atoms with Crippen LogP contribution >= 0.6 is 12.2 Å². The van der Waals surface area contributed by atoms with E-state index in [-0.39, 0.29) is 0 Å². The Morgan fingerprint density at radius 1 is 1.10 bits per heavy atom. The number of hydrogen-bond acceptors (Lipinski definition) is 2. The molecule has 0 fully saturated rings. The summed E-state index contributed by atoms with van der Waals surface area (Å²) >= 11 is 5.21. The van der Waals surface area contributed by atoms with Crippen molar-refractivity contribution in [3.05, 3.63) is 54.6 Å². The summed E-state index contributed by atoms with van der Waals surface area (Å²) in [5, 5.41) is 6.10. The van der Waals surface area contributed by atoms with Crippen LogP contribution in [0.3, 0.4) is 0 Å². The molecule has 3 N–H and O–H groups in total. The molecule has 3 nitrogen and oxygen atoms in total. The van der Waals surface area contributed by atoms with Crippen molar-refractivity contribution in [1.82, 2.24) is 16.2 Å². The van der Waals surface area contributed by atoms with Crippen molar-refractivity contribution in [2.45, 2.75) is 19.8 Å². The van der Waals surface area contributed by atoms with Crippen LogP contribution in [0.5, 0.6) is 0 Å². The summed E-state index contributed by atoms with van der Waals surface area (Å²) in [5.74, 6) is 0. The summed E-state index contributed by atoms with van der Waals surface area (Å²) in [5.41, 5.74) is 7.91. The second kappa shape index (κ2) is 7.64. The zero-order valence-corrected chi connectivity index (χ0v) is 13.1. The Hall–Kier alpha value is -2.07. The van der Waals surface area contributed by atoms with Crippen molar-refractivity contribution in [2.24, 2.45) is 0 Å². The Balaban J connectivity index is 1.98. The van der Waals surface area contributed by atoms with E-state index in [0.29, 0.717) is 5.11 Å². The highest BCUT2D eigenvalue weighted by molar-refractivity contribution is 7.80. The van der Waals surface area contributed by atoms with Gasteiger partial charge in [0, 0.05) is 12.1 Å². The van der Waals surface area contributed by atoms with Gasteiger partial charge in [-0.3, -0.25) is 10.9 Å². The van der Waals surface area contributed by atoms with Crippen LogP contribution in [-0.4, -0.2) is 11.7 Å². The van der Waals surface area contributed by atoms with E-state index in [2.05, 4.69) is 47.9 Å². The van der Waals surface area contributed by atoms with Crippen LogP contribution in [0.2, 0.25) is 0 Å². The Morgan fingerprint density at radius 2 is 1.86 bits per heavy atom. The first-order chi connectivity index (χ1) is 10.2. The normalized spacial score (nSPS) is 10.1. The van der Waals surface area contributed by atoms with Crippen LogP contribution in [-0.2, 0) is 0 Å². The molecule has 0 radical (unpaired) electrons. The smallest absolute Gasteiger partial charge is 0.185 e. The summed E-state index contributed by atoms with van der Waals surface area (Å²) < 4.78 is 0. The van der Waals surface area contributed by atoms with Gasteiger partial charge in [0.2, 0.25) is 0 Å². The molecule has 0 heterocycles. The van der Waals surface area contributed by atoms with Gasteiger partial charge in [-0.2, -0.15) is 0 Å². The zero-order valence-electron chi connectivity index (χ0n) is 12.3. The van der Waals surface area contributed by atoms with Crippen LogP contribution in [0.15, 0.2) is 49.0 Å². The minimum atomic E-state index is 0.588. The standard InChI is InChI=1S/C17H21N3S/c1-3-4-12-18-17(21)20-19-13(2)15-11-7-9-14-8-5-6-10-16(14)15/h5-11,19H,2-4,12H2,1H3,(H2,18,20,21). The summed E-state index contributed by atoms with van der Waals surface area (Å²) in [6.45, 7) is 7.11. The lowest BCUT2D eigenvalue weighted by Gasteiger charge is -2.15. The predicted octanol–water partition coefficient (Wildman–Crippen LogP) is 3.58. The van der Waals surface area contributed by atoms with E-state index in [4.69, 9.17) is 12.2 Å². The van der Waals surface area contributed by atoms with E-state index in [1.165, 1.54) is 10.8 Å². The Morgan fingerprint density at radius 3 is 2.67 bits per heavy atom. The van der Waals surface area contributed by atoms with Gasteiger partial charge in [-0.1, -0.05) is 62.4 Å².